The van der Waals surface area contributed by atoms with E-state index in [0.717, 1.165) is 18.8 Å². The standard InChI is InChI=1S/C13H18ClN3S/c1-8-6-17(7-9(2)18-8)11-5-3-4-10(14)12(11)13(15)16/h3-5,8-9H,6-7H2,1-2H3,(H3,15,16). The first kappa shape index (κ1) is 13.6. The third kappa shape index (κ3) is 2.75. The van der Waals surface area contributed by atoms with Gasteiger partial charge in [0.1, 0.15) is 5.84 Å². The van der Waals surface area contributed by atoms with Gasteiger partial charge in [-0.25, -0.2) is 0 Å². The highest BCUT2D eigenvalue weighted by Crippen LogP contribution is 2.32. The van der Waals surface area contributed by atoms with E-state index in [9.17, 15) is 0 Å². The van der Waals surface area contributed by atoms with Crippen molar-refractivity contribution in [1.29, 1.82) is 5.41 Å². The highest BCUT2D eigenvalue weighted by atomic mass is 35.5. The molecule has 1 fully saturated rings. The van der Waals surface area contributed by atoms with Crippen LogP contribution in [0.2, 0.25) is 5.02 Å². The van der Waals surface area contributed by atoms with Crippen molar-refractivity contribution < 1.29 is 0 Å². The Morgan fingerprint density at radius 2 is 2.00 bits per heavy atom. The molecule has 1 heterocycles. The van der Waals surface area contributed by atoms with Gasteiger partial charge in [0.05, 0.1) is 10.6 Å². The van der Waals surface area contributed by atoms with E-state index in [-0.39, 0.29) is 5.84 Å². The number of anilines is 1. The van der Waals surface area contributed by atoms with E-state index in [1.165, 1.54) is 0 Å². The summed E-state index contributed by atoms with van der Waals surface area (Å²) >= 11 is 8.16. The Balaban J connectivity index is 2.38. The van der Waals surface area contributed by atoms with Crippen LogP contribution in [0, 0.1) is 5.41 Å². The summed E-state index contributed by atoms with van der Waals surface area (Å²) in [5, 5.41) is 9.40. The Bertz CT molecular complexity index is 454. The number of halogens is 1. The van der Waals surface area contributed by atoms with Crippen molar-refractivity contribution in [2.75, 3.05) is 18.0 Å². The van der Waals surface area contributed by atoms with Crippen molar-refractivity contribution in [3.8, 4) is 0 Å². The molecular formula is C13H18ClN3S. The van der Waals surface area contributed by atoms with Crippen molar-refractivity contribution in [2.45, 2.75) is 24.3 Å². The average Bonchev–Trinajstić information content (AvgIpc) is 2.26. The minimum Gasteiger partial charge on any atom is -0.384 e. The van der Waals surface area contributed by atoms with Gasteiger partial charge in [0.2, 0.25) is 0 Å². The van der Waals surface area contributed by atoms with E-state index >= 15 is 0 Å². The minimum atomic E-state index is 0.0362. The van der Waals surface area contributed by atoms with Crippen molar-refractivity contribution >= 4 is 34.9 Å². The molecule has 0 bridgehead atoms. The molecule has 98 valence electrons. The molecule has 2 unspecified atom stereocenters. The van der Waals surface area contributed by atoms with E-state index in [4.69, 9.17) is 22.7 Å². The third-order valence-electron chi connectivity index (χ3n) is 3.02. The Kier molecular flexibility index (Phi) is 4.07. The minimum absolute atomic E-state index is 0.0362. The predicted octanol–water partition coefficient (Wildman–Crippen LogP) is 2.95. The molecule has 0 amide bonds. The summed E-state index contributed by atoms with van der Waals surface area (Å²) in [6.45, 7) is 6.39. The van der Waals surface area contributed by atoms with Crippen LogP contribution in [0.4, 0.5) is 5.69 Å². The maximum Gasteiger partial charge on any atom is 0.126 e. The summed E-state index contributed by atoms with van der Waals surface area (Å²) in [6, 6.07) is 5.70. The van der Waals surface area contributed by atoms with E-state index in [2.05, 4.69) is 18.7 Å². The first-order valence-electron chi connectivity index (χ1n) is 6.02. The molecule has 2 atom stereocenters. The second-order valence-corrected chi connectivity index (χ2v) is 7.00. The van der Waals surface area contributed by atoms with Gasteiger partial charge in [-0.15, -0.1) is 0 Å². The van der Waals surface area contributed by atoms with Crippen LogP contribution in [0.5, 0.6) is 0 Å². The number of hydrogen-bond acceptors (Lipinski definition) is 3. The average molecular weight is 284 g/mol. The highest BCUT2D eigenvalue weighted by molar-refractivity contribution is 8.00. The molecule has 0 radical (unpaired) electrons. The zero-order valence-corrected chi connectivity index (χ0v) is 12.2. The number of rotatable bonds is 2. The van der Waals surface area contributed by atoms with Crippen LogP contribution in [-0.2, 0) is 0 Å². The fourth-order valence-corrected chi connectivity index (χ4v) is 4.01. The summed E-state index contributed by atoms with van der Waals surface area (Å²) < 4.78 is 0. The van der Waals surface area contributed by atoms with Gasteiger partial charge >= 0.3 is 0 Å². The second-order valence-electron chi connectivity index (χ2n) is 4.71. The summed E-state index contributed by atoms with van der Waals surface area (Å²) in [5.74, 6) is 0.0362. The number of amidine groups is 1. The molecule has 0 spiro atoms. The molecule has 18 heavy (non-hydrogen) atoms. The van der Waals surface area contributed by atoms with E-state index in [1.54, 1.807) is 6.07 Å². The van der Waals surface area contributed by atoms with E-state index in [1.807, 2.05) is 23.9 Å². The van der Waals surface area contributed by atoms with Gasteiger partial charge in [-0.3, -0.25) is 5.41 Å². The zero-order valence-electron chi connectivity index (χ0n) is 10.6. The molecular weight excluding hydrogens is 266 g/mol. The third-order valence-corrected chi connectivity index (χ3v) is 4.56. The van der Waals surface area contributed by atoms with Crippen LogP contribution < -0.4 is 10.6 Å². The molecule has 0 saturated carbocycles. The van der Waals surface area contributed by atoms with Gasteiger partial charge in [0.25, 0.3) is 0 Å². The number of hydrogen-bond donors (Lipinski definition) is 2. The van der Waals surface area contributed by atoms with Crippen LogP contribution >= 0.6 is 23.4 Å². The lowest BCUT2D eigenvalue weighted by molar-refractivity contribution is 0.728. The second kappa shape index (κ2) is 5.41. The molecule has 1 saturated heterocycles. The number of nitrogens with zero attached hydrogens (tertiary/aromatic N) is 1. The Hall–Kier alpha value is -0.870. The first-order valence-corrected chi connectivity index (χ1v) is 7.34. The van der Waals surface area contributed by atoms with Crippen molar-refractivity contribution in [3.63, 3.8) is 0 Å². The highest BCUT2D eigenvalue weighted by Gasteiger charge is 2.25. The molecule has 0 aromatic heterocycles. The lowest BCUT2D eigenvalue weighted by Gasteiger charge is -2.37. The Morgan fingerprint density at radius 1 is 1.39 bits per heavy atom. The van der Waals surface area contributed by atoms with Crippen LogP contribution in [0.3, 0.4) is 0 Å². The fraction of sp³-hybridized carbons (Fsp3) is 0.462. The number of nitrogen functional groups attached to an aromatic ring is 1. The topological polar surface area (TPSA) is 53.1 Å². The van der Waals surface area contributed by atoms with Gasteiger partial charge in [-0.05, 0) is 12.1 Å². The predicted molar refractivity (Wildman–Crippen MR) is 81.2 cm³/mol. The number of benzene rings is 1. The lowest BCUT2D eigenvalue weighted by atomic mass is 10.1. The van der Waals surface area contributed by atoms with Gasteiger partial charge < -0.3 is 10.6 Å². The van der Waals surface area contributed by atoms with Gasteiger partial charge in [-0.2, -0.15) is 11.8 Å². The number of nitrogens with one attached hydrogen (secondary N) is 1. The molecule has 1 aromatic carbocycles. The maximum atomic E-state index is 7.70. The summed E-state index contributed by atoms with van der Waals surface area (Å²) in [7, 11) is 0. The molecule has 3 nitrogen and oxygen atoms in total. The summed E-state index contributed by atoms with van der Waals surface area (Å²) in [6.07, 6.45) is 0. The fourth-order valence-electron chi connectivity index (χ4n) is 2.42. The number of nitrogens with two attached hydrogens (primary N) is 1. The summed E-state index contributed by atoms with van der Waals surface area (Å²) in [4.78, 5) is 2.29. The molecule has 1 aromatic rings. The monoisotopic (exact) mass is 283 g/mol. The van der Waals surface area contributed by atoms with Crippen LogP contribution in [0.25, 0.3) is 0 Å². The van der Waals surface area contributed by atoms with E-state index in [0.29, 0.717) is 21.1 Å². The van der Waals surface area contributed by atoms with Crippen LogP contribution in [-0.4, -0.2) is 29.4 Å². The molecule has 5 heteroatoms. The molecule has 1 aliphatic rings. The normalized spacial score (nSPS) is 24.1. The number of thioether (sulfide) groups is 1. The first-order chi connectivity index (χ1) is 8.49. The van der Waals surface area contributed by atoms with Gasteiger partial charge in [0, 0.05) is 29.3 Å². The van der Waals surface area contributed by atoms with Gasteiger partial charge in [0.15, 0.2) is 0 Å². The SMILES string of the molecule is CC1CN(c2cccc(Cl)c2C(=N)N)CC(C)S1. The van der Waals surface area contributed by atoms with Crippen LogP contribution in [0.15, 0.2) is 18.2 Å². The largest absolute Gasteiger partial charge is 0.384 e. The smallest absolute Gasteiger partial charge is 0.126 e. The maximum absolute atomic E-state index is 7.70. The van der Waals surface area contributed by atoms with Gasteiger partial charge in [-0.1, -0.05) is 31.5 Å². The summed E-state index contributed by atoms with van der Waals surface area (Å²) in [5.41, 5.74) is 7.30. The molecule has 0 aliphatic carbocycles. The van der Waals surface area contributed by atoms with Crippen molar-refractivity contribution in [1.82, 2.24) is 0 Å². The Morgan fingerprint density at radius 3 is 2.56 bits per heavy atom. The molecule has 3 N–H and O–H groups in total. The quantitative estimate of drug-likeness (QED) is 0.648. The van der Waals surface area contributed by atoms with Crippen LogP contribution in [0.1, 0.15) is 19.4 Å². The zero-order chi connectivity index (χ0) is 13.3. The van der Waals surface area contributed by atoms with E-state index < -0.39 is 0 Å². The van der Waals surface area contributed by atoms with Crippen molar-refractivity contribution in [2.24, 2.45) is 5.73 Å². The Labute approximate surface area is 117 Å². The molecule has 1 aliphatic heterocycles. The lowest BCUT2D eigenvalue weighted by Crippen LogP contribution is -2.41. The van der Waals surface area contributed by atoms with Crippen molar-refractivity contribution in [3.05, 3.63) is 28.8 Å². The molecule has 2 rings (SSSR count).